The van der Waals surface area contributed by atoms with Crippen molar-refractivity contribution in [2.45, 2.75) is 19.4 Å². The summed E-state index contributed by atoms with van der Waals surface area (Å²) in [5.41, 5.74) is 9.56. The largest absolute Gasteiger partial charge is 0.489 e. The summed E-state index contributed by atoms with van der Waals surface area (Å²) >= 11 is 0. The molecule has 0 saturated carbocycles. The molecule has 0 amide bonds. The van der Waals surface area contributed by atoms with Gasteiger partial charge in [-0.25, -0.2) is 4.39 Å². The fraction of sp³-hybridized carbons (Fsp3) is 0.278. The van der Waals surface area contributed by atoms with Crippen molar-refractivity contribution in [2.24, 2.45) is 5.73 Å². The highest BCUT2D eigenvalue weighted by molar-refractivity contribution is 5.92. The number of benzene rings is 2. The molecule has 5 heteroatoms. The number of halogens is 1. The number of nitrogens with two attached hydrogens (primary N) is 1. The molecule has 0 aliphatic heterocycles. The van der Waals surface area contributed by atoms with E-state index in [2.05, 4.69) is 10.2 Å². The van der Waals surface area contributed by atoms with Gasteiger partial charge in [-0.1, -0.05) is 24.3 Å². The van der Waals surface area contributed by atoms with Crippen LogP contribution in [0.1, 0.15) is 19.4 Å². The van der Waals surface area contributed by atoms with Crippen LogP contribution < -0.4 is 10.5 Å². The number of H-pyrrole nitrogens is 1. The molecular formula is C18H20FN3O. The Labute approximate surface area is 134 Å². The fourth-order valence-electron chi connectivity index (χ4n) is 2.59. The molecule has 1 heterocycles. The minimum absolute atomic E-state index is 0.0191. The molecule has 0 radical (unpaired) electrons. The third-order valence-electron chi connectivity index (χ3n) is 3.84. The summed E-state index contributed by atoms with van der Waals surface area (Å²) in [7, 11) is 0. The number of rotatable bonds is 5. The molecule has 0 aliphatic carbocycles. The molecule has 4 nitrogen and oxygen atoms in total. The zero-order valence-corrected chi connectivity index (χ0v) is 13.3. The highest BCUT2D eigenvalue weighted by atomic mass is 19.1. The summed E-state index contributed by atoms with van der Waals surface area (Å²) in [5.74, 6) is 0.647. The van der Waals surface area contributed by atoms with Gasteiger partial charge in [0.05, 0.1) is 17.1 Å². The Bertz CT molecular complexity index is 803. The Kier molecular flexibility index (Phi) is 4.05. The number of hydrogen-bond donors (Lipinski definition) is 2. The third kappa shape index (κ3) is 3.05. The summed E-state index contributed by atoms with van der Waals surface area (Å²) in [6, 6.07) is 11.9. The molecule has 0 aliphatic rings. The molecule has 0 fully saturated rings. The lowest BCUT2D eigenvalue weighted by Crippen LogP contribution is -2.28. The first-order valence-electron chi connectivity index (χ1n) is 7.55. The second-order valence-corrected chi connectivity index (χ2v) is 6.11. The molecule has 3 N–H and O–H groups in total. The number of aromatic amines is 1. The maximum absolute atomic E-state index is 12.6. The Morgan fingerprint density at radius 3 is 2.57 bits per heavy atom. The Balaban J connectivity index is 2.07. The summed E-state index contributed by atoms with van der Waals surface area (Å²) in [6.07, 6.45) is 1.70. The van der Waals surface area contributed by atoms with Gasteiger partial charge in [0, 0.05) is 11.1 Å². The predicted molar refractivity (Wildman–Crippen MR) is 90.2 cm³/mol. The topological polar surface area (TPSA) is 63.9 Å². The van der Waals surface area contributed by atoms with Gasteiger partial charge >= 0.3 is 0 Å². The van der Waals surface area contributed by atoms with E-state index in [0.29, 0.717) is 5.75 Å². The van der Waals surface area contributed by atoms with Crippen LogP contribution in [0.15, 0.2) is 42.6 Å². The van der Waals surface area contributed by atoms with Crippen LogP contribution in [0.4, 0.5) is 4.39 Å². The maximum Gasteiger partial charge on any atom is 0.138 e. The first-order valence-corrected chi connectivity index (χ1v) is 7.55. The lowest BCUT2D eigenvalue weighted by molar-refractivity contribution is 0.277. The average Bonchev–Trinajstić information content (AvgIpc) is 3.00. The number of hydrogen-bond acceptors (Lipinski definition) is 3. The van der Waals surface area contributed by atoms with Crippen molar-refractivity contribution in [3.63, 3.8) is 0 Å². The third-order valence-corrected chi connectivity index (χ3v) is 3.84. The normalized spacial score (nSPS) is 11.8. The van der Waals surface area contributed by atoms with E-state index in [0.717, 1.165) is 27.6 Å². The lowest BCUT2D eigenvalue weighted by Gasteiger charge is -2.19. The zero-order chi connectivity index (χ0) is 16.4. The van der Waals surface area contributed by atoms with Crippen LogP contribution in [0.2, 0.25) is 0 Å². The SMILES string of the molecule is CC(C)(N)c1ccc(-c2ccc3[nH]ncc3c2OCCF)cc1. The maximum atomic E-state index is 12.6. The number of nitrogens with one attached hydrogen (secondary N) is 1. The monoisotopic (exact) mass is 313 g/mol. The number of fused-ring (bicyclic) bond motifs is 1. The van der Waals surface area contributed by atoms with Crippen molar-refractivity contribution in [3.8, 4) is 16.9 Å². The van der Waals surface area contributed by atoms with Gasteiger partial charge in [-0.05, 0) is 37.1 Å². The van der Waals surface area contributed by atoms with E-state index in [1.165, 1.54) is 0 Å². The van der Waals surface area contributed by atoms with Gasteiger partial charge in [0.1, 0.15) is 19.0 Å². The number of alkyl halides is 1. The molecular weight excluding hydrogens is 293 g/mol. The highest BCUT2D eigenvalue weighted by Gasteiger charge is 2.16. The van der Waals surface area contributed by atoms with E-state index in [-0.39, 0.29) is 12.1 Å². The standard InChI is InChI=1S/C18H20FN3O/c1-18(2,20)13-5-3-12(4-6-13)14-7-8-16-15(11-21-22-16)17(14)23-10-9-19/h3-8,11H,9-10,20H2,1-2H3,(H,21,22). The predicted octanol–water partition coefficient (Wildman–Crippen LogP) is 3.77. The van der Waals surface area contributed by atoms with Crippen molar-refractivity contribution < 1.29 is 9.13 Å². The molecule has 23 heavy (non-hydrogen) atoms. The second-order valence-electron chi connectivity index (χ2n) is 6.11. The van der Waals surface area contributed by atoms with Crippen LogP contribution in [0.5, 0.6) is 5.75 Å². The molecule has 3 aromatic rings. The van der Waals surface area contributed by atoms with E-state index < -0.39 is 6.67 Å². The van der Waals surface area contributed by atoms with Crippen molar-refractivity contribution >= 4 is 10.9 Å². The minimum atomic E-state index is -0.534. The summed E-state index contributed by atoms with van der Waals surface area (Å²) < 4.78 is 18.2. The number of aromatic nitrogens is 2. The van der Waals surface area contributed by atoms with Crippen LogP contribution in [0.3, 0.4) is 0 Å². The van der Waals surface area contributed by atoms with E-state index in [4.69, 9.17) is 10.5 Å². The van der Waals surface area contributed by atoms with Crippen LogP contribution in [0, 0.1) is 0 Å². The van der Waals surface area contributed by atoms with Gasteiger partial charge in [0.15, 0.2) is 0 Å². The highest BCUT2D eigenvalue weighted by Crippen LogP contribution is 2.36. The van der Waals surface area contributed by atoms with E-state index in [1.54, 1.807) is 6.20 Å². The van der Waals surface area contributed by atoms with Crippen molar-refractivity contribution in [3.05, 3.63) is 48.2 Å². The molecule has 120 valence electrons. The Morgan fingerprint density at radius 2 is 1.91 bits per heavy atom. The molecule has 1 aromatic heterocycles. The van der Waals surface area contributed by atoms with Gasteiger partial charge in [-0.2, -0.15) is 5.10 Å². The van der Waals surface area contributed by atoms with Gasteiger partial charge in [0.25, 0.3) is 0 Å². The van der Waals surface area contributed by atoms with Crippen molar-refractivity contribution in [2.75, 3.05) is 13.3 Å². The number of nitrogens with zero attached hydrogens (tertiary/aromatic N) is 1. The summed E-state index contributed by atoms with van der Waals surface area (Å²) in [6.45, 7) is 3.42. The van der Waals surface area contributed by atoms with Gasteiger partial charge in [-0.3, -0.25) is 5.10 Å². The van der Waals surface area contributed by atoms with Gasteiger partial charge < -0.3 is 10.5 Å². The average molecular weight is 313 g/mol. The van der Waals surface area contributed by atoms with E-state index >= 15 is 0 Å². The summed E-state index contributed by atoms with van der Waals surface area (Å²) in [5, 5.41) is 7.79. The molecule has 2 aromatic carbocycles. The van der Waals surface area contributed by atoms with Gasteiger partial charge in [0.2, 0.25) is 0 Å². The minimum Gasteiger partial charge on any atom is -0.489 e. The van der Waals surface area contributed by atoms with E-state index in [1.807, 2.05) is 50.2 Å². The van der Waals surface area contributed by atoms with Crippen LogP contribution in [-0.4, -0.2) is 23.5 Å². The lowest BCUT2D eigenvalue weighted by atomic mass is 9.93. The molecule has 0 spiro atoms. The molecule has 0 saturated heterocycles. The quantitative estimate of drug-likeness (QED) is 0.753. The van der Waals surface area contributed by atoms with Crippen molar-refractivity contribution in [1.29, 1.82) is 0 Å². The summed E-state index contributed by atoms with van der Waals surface area (Å²) in [4.78, 5) is 0. The molecule has 3 rings (SSSR count). The first-order chi connectivity index (χ1) is 11.0. The molecule has 0 unspecified atom stereocenters. The van der Waals surface area contributed by atoms with E-state index in [9.17, 15) is 4.39 Å². The van der Waals surface area contributed by atoms with Crippen molar-refractivity contribution in [1.82, 2.24) is 10.2 Å². The smallest absolute Gasteiger partial charge is 0.138 e. The zero-order valence-electron chi connectivity index (χ0n) is 13.3. The number of ether oxygens (including phenoxy) is 1. The fourth-order valence-corrected chi connectivity index (χ4v) is 2.59. The molecule has 0 bridgehead atoms. The Hall–Kier alpha value is -2.40. The van der Waals surface area contributed by atoms with Gasteiger partial charge in [-0.15, -0.1) is 0 Å². The second kappa shape index (κ2) is 6.01. The first kappa shape index (κ1) is 15.5. The van der Waals surface area contributed by atoms with Crippen LogP contribution in [-0.2, 0) is 5.54 Å². The Morgan fingerprint density at radius 1 is 1.17 bits per heavy atom. The van der Waals surface area contributed by atoms with Crippen LogP contribution >= 0.6 is 0 Å². The molecule has 0 atom stereocenters. The van der Waals surface area contributed by atoms with Crippen LogP contribution in [0.25, 0.3) is 22.0 Å².